The summed E-state index contributed by atoms with van der Waals surface area (Å²) < 4.78 is 41.4. The minimum absolute atomic E-state index is 0.00247. The molecule has 1 atom stereocenters. The van der Waals surface area contributed by atoms with Gasteiger partial charge in [-0.3, -0.25) is 14.5 Å². The second-order valence-electron chi connectivity index (χ2n) is 9.35. The first kappa shape index (κ1) is 22.3. The van der Waals surface area contributed by atoms with Crippen LogP contribution in [0.3, 0.4) is 0 Å². The van der Waals surface area contributed by atoms with Crippen LogP contribution in [0.2, 0.25) is 0 Å². The Morgan fingerprint density at radius 1 is 1.00 bits per heavy atom. The van der Waals surface area contributed by atoms with Gasteiger partial charge in [0.25, 0.3) is 0 Å². The Hall–Kier alpha value is -2.89. The molecule has 3 nitrogen and oxygen atoms in total. The monoisotopic (exact) mass is 441 g/mol. The lowest BCUT2D eigenvalue weighted by molar-refractivity contribution is -0.138. The number of nitrogens with zero attached hydrogens (tertiary/aromatic N) is 1. The summed E-state index contributed by atoms with van der Waals surface area (Å²) in [5.41, 5.74) is 1.39. The number of benzene rings is 2. The van der Waals surface area contributed by atoms with Crippen LogP contribution in [0.1, 0.15) is 62.6 Å². The highest BCUT2D eigenvalue weighted by Gasteiger charge is 2.46. The largest absolute Gasteiger partial charge is 0.416 e. The highest BCUT2D eigenvalue weighted by atomic mass is 19.4. The van der Waals surface area contributed by atoms with Gasteiger partial charge in [0, 0.05) is 30.0 Å². The van der Waals surface area contributed by atoms with Crippen LogP contribution >= 0.6 is 0 Å². The molecule has 1 unspecified atom stereocenters. The van der Waals surface area contributed by atoms with Crippen molar-refractivity contribution in [3.63, 3.8) is 0 Å². The molecule has 4 rings (SSSR count). The molecular formula is C26H26F3NO2. The summed E-state index contributed by atoms with van der Waals surface area (Å²) in [4.78, 5) is 28.4. The average molecular weight is 441 g/mol. The van der Waals surface area contributed by atoms with Crippen molar-refractivity contribution in [2.75, 3.05) is 4.90 Å². The molecule has 0 spiro atoms. The van der Waals surface area contributed by atoms with Gasteiger partial charge < -0.3 is 0 Å². The molecule has 32 heavy (non-hydrogen) atoms. The highest BCUT2D eigenvalue weighted by Crippen LogP contribution is 2.50. The number of hydrogen-bond donors (Lipinski definition) is 0. The maximum Gasteiger partial charge on any atom is 0.416 e. The maximum absolute atomic E-state index is 13.8. The summed E-state index contributed by atoms with van der Waals surface area (Å²) in [6.07, 6.45) is -3.35. The van der Waals surface area contributed by atoms with Crippen molar-refractivity contribution >= 4 is 17.4 Å². The Bertz CT molecular complexity index is 1110. The zero-order valence-corrected chi connectivity index (χ0v) is 18.4. The fraction of sp³-hybridized carbons (Fsp3) is 0.385. The average Bonchev–Trinajstić information content (AvgIpc) is 2.71. The quantitative estimate of drug-likeness (QED) is 0.550. The number of alkyl halides is 3. The second-order valence-corrected chi connectivity index (χ2v) is 9.35. The topological polar surface area (TPSA) is 37.4 Å². The molecule has 1 aliphatic carbocycles. The fourth-order valence-electron chi connectivity index (χ4n) is 5.05. The molecule has 1 heterocycles. The van der Waals surface area contributed by atoms with Gasteiger partial charge in [-0.25, -0.2) is 0 Å². The lowest BCUT2D eigenvalue weighted by Gasteiger charge is -2.43. The number of carbonyl (C=O) groups is 2. The summed E-state index contributed by atoms with van der Waals surface area (Å²) in [5.74, 6) is -1.36. The summed E-state index contributed by atoms with van der Waals surface area (Å²) in [5, 5.41) is 0. The Morgan fingerprint density at radius 3 is 2.34 bits per heavy atom. The lowest BCUT2D eigenvalue weighted by Crippen LogP contribution is -2.44. The number of allylic oxidation sites excluding steroid dienone is 2. The molecule has 0 N–H and O–H groups in total. The molecule has 0 fully saturated rings. The first-order valence-corrected chi connectivity index (χ1v) is 10.9. The Balaban J connectivity index is 1.96. The van der Waals surface area contributed by atoms with Crippen LogP contribution in [-0.4, -0.2) is 11.7 Å². The summed E-state index contributed by atoms with van der Waals surface area (Å²) >= 11 is 0. The van der Waals surface area contributed by atoms with Crippen LogP contribution in [0.4, 0.5) is 18.9 Å². The Morgan fingerprint density at radius 2 is 1.66 bits per heavy atom. The van der Waals surface area contributed by atoms with Crippen LogP contribution < -0.4 is 4.90 Å². The van der Waals surface area contributed by atoms with Crippen molar-refractivity contribution < 1.29 is 22.8 Å². The molecule has 0 saturated carbocycles. The summed E-state index contributed by atoms with van der Waals surface area (Å²) in [7, 11) is 0. The predicted octanol–water partition coefficient (Wildman–Crippen LogP) is 6.43. The smallest absolute Gasteiger partial charge is 0.294 e. The first-order valence-electron chi connectivity index (χ1n) is 10.9. The standard InChI is InChI=1S/C26H26F3NO2/c1-4-16-9-5-8-12-20(16)30-21-14-25(2,3)15-22(31)24(21)18(13-23(30)32)17-10-6-7-11-19(17)26(27,28)29/h5-12,18H,4,13-15H2,1-3H3. The minimum atomic E-state index is -4.57. The van der Waals surface area contributed by atoms with Gasteiger partial charge in [0.15, 0.2) is 5.78 Å². The molecule has 0 saturated heterocycles. The number of Topliss-reactive ketones (excluding diaryl/α,β-unsaturated/α-hetero) is 1. The third kappa shape index (κ3) is 3.87. The van der Waals surface area contributed by atoms with Gasteiger partial charge in [-0.15, -0.1) is 0 Å². The molecule has 6 heteroatoms. The lowest BCUT2D eigenvalue weighted by atomic mass is 9.68. The van der Waals surface area contributed by atoms with Crippen LogP contribution in [0.5, 0.6) is 0 Å². The van der Waals surface area contributed by atoms with E-state index >= 15 is 0 Å². The molecule has 2 aromatic rings. The molecule has 0 aromatic heterocycles. The summed E-state index contributed by atoms with van der Waals surface area (Å²) in [6, 6.07) is 12.8. The van der Waals surface area contributed by atoms with Crippen LogP contribution in [0.25, 0.3) is 0 Å². The number of aryl methyl sites for hydroxylation is 1. The molecular weight excluding hydrogens is 415 g/mol. The summed E-state index contributed by atoms with van der Waals surface area (Å²) in [6.45, 7) is 5.90. The number of rotatable bonds is 3. The number of carbonyl (C=O) groups excluding carboxylic acids is 2. The third-order valence-corrected chi connectivity index (χ3v) is 6.40. The number of hydrogen-bond acceptors (Lipinski definition) is 2. The zero-order valence-electron chi connectivity index (χ0n) is 18.4. The molecule has 1 aliphatic heterocycles. The number of amides is 1. The van der Waals surface area contributed by atoms with E-state index in [-0.39, 0.29) is 35.5 Å². The zero-order chi connectivity index (χ0) is 23.3. The predicted molar refractivity (Wildman–Crippen MR) is 117 cm³/mol. The molecule has 1 amide bonds. The van der Waals surface area contributed by atoms with Gasteiger partial charge in [-0.05, 0) is 41.5 Å². The van der Waals surface area contributed by atoms with E-state index in [1.54, 1.807) is 4.90 Å². The number of ketones is 1. The molecule has 168 valence electrons. The van der Waals surface area contributed by atoms with E-state index in [2.05, 4.69) is 0 Å². The van der Waals surface area contributed by atoms with Crippen molar-refractivity contribution in [1.82, 2.24) is 0 Å². The van der Waals surface area contributed by atoms with E-state index in [1.165, 1.54) is 18.2 Å². The molecule has 0 radical (unpaired) electrons. The second kappa shape index (κ2) is 7.91. The van der Waals surface area contributed by atoms with E-state index in [9.17, 15) is 22.8 Å². The number of para-hydroxylation sites is 1. The van der Waals surface area contributed by atoms with Gasteiger partial charge >= 0.3 is 6.18 Å². The van der Waals surface area contributed by atoms with Gasteiger partial charge in [0.2, 0.25) is 5.91 Å². The van der Waals surface area contributed by atoms with Crippen molar-refractivity contribution in [1.29, 1.82) is 0 Å². The van der Waals surface area contributed by atoms with E-state index in [0.29, 0.717) is 29.8 Å². The first-order chi connectivity index (χ1) is 15.0. The van der Waals surface area contributed by atoms with Crippen LogP contribution in [-0.2, 0) is 22.2 Å². The van der Waals surface area contributed by atoms with Gasteiger partial charge in [0.1, 0.15) is 0 Å². The minimum Gasteiger partial charge on any atom is -0.294 e. The van der Waals surface area contributed by atoms with Crippen LogP contribution in [0.15, 0.2) is 59.8 Å². The molecule has 2 aromatic carbocycles. The maximum atomic E-state index is 13.8. The van der Waals surface area contributed by atoms with Crippen molar-refractivity contribution in [3.8, 4) is 0 Å². The normalized spacial score (nSPS) is 21.1. The number of halogens is 3. The van der Waals surface area contributed by atoms with Gasteiger partial charge in [-0.1, -0.05) is 57.2 Å². The van der Waals surface area contributed by atoms with Crippen LogP contribution in [0, 0.1) is 5.41 Å². The Kier molecular flexibility index (Phi) is 5.51. The van der Waals surface area contributed by atoms with Gasteiger partial charge in [0.05, 0.1) is 11.3 Å². The van der Waals surface area contributed by atoms with E-state index in [1.807, 2.05) is 45.0 Å². The molecule has 2 aliphatic rings. The van der Waals surface area contributed by atoms with Crippen molar-refractivity contribution in [3.05, 3.63) is 76.5 Å². The molecule has 0 bridgehead atoms. The highest BCUT2D eigenvalue weighted by molar-refractivity contribution is 6.08. The Labute approximate surface area is 185 Å². The van der Waals surface area contributed by atoms with Crippen molar-refractivity contribution in [2.24, 2.45) is 5.41 Å². The third-order valence-electron chi connectivity index (χ3n) is 6.40. The van der Waals surface area contributed by atoms with Crippen molar-refractivity contribution in [2.45, 2.75) is 58.5 Å². The fourth-order valence-corrected chi connectivity index (χ4v) is 5.05. The van der Waals surface area contributed by atoms with Gasteiger partial charge in [-0.2, -0.15) is 13.2 Å². The van der Waals surface area contributed by atoms with E-state index < -0.39 is 17.7 Å². The SMILES string of the molecule is CCc1ccccc1N1C(=O)CC(c2ccccc2C(F)(F)F)C2=C1CC(C)(C)CC2=O. The van der Waals surface area contributed by atoms with E-state index in [0.717, 1.165) is 11.6 Å². The van der Waals surface area contributed by atoms with E-state index in [4.69, 9.17) is 0 Å². The number of anilines is 1.